The number of hydrogen-bond donors (Lipinski definition) is 0. The van der Waals surface area contributed by atoms with Gasteiger partial charge in [0.15, 0.2) is 0 Å². The lowest BCUT2D eigenvalue weighted by molar-refractivity contribution is -0.111. The number of ether oxygens (including phenoxy) is 1. The van der Waals surface area contributed by atoms with E-state index in [1.165, 1.54) is 10.6 Å². The van der Waals surface area contributed by atoms with Crippen LogP contribution >= 0.6 is 7.92 Å². The first kappa shape index (κ1) is 24.9. The minimum atomic E-state index is -0.930. The fourth-order valence-electron chi connectivity index (χ4n) is 4.24. The van der Waals surface area contributed by atoms with Crippen LogP contribution in [-0.4, -0.2) is 18.4 Å². The second-order valence-electron chi connectivity index (χ2n) is 9.25. The maximum atomic E-state index is 13.5. The Morgan fingerprint density at radius 3 is 1.88 bits per heavy atom. The highest BCUT2D eigenvalue weighted by Crippen LogP contribution is 2.36. The summed E-state index contributed by atoms with van der Waals surface area (Å²) >= 11 is 0. The molecule has 33 heavy (non-hydrogen) atoms. The molecule has 0 aliphatic heterocycles. The summed E-state index contributed by atoms with van der Waals surface area (Å²) in [6.07, 6.45) is 1.65. The molecule has 3 aromatic carbocycles. The molecule has 3 aromatic rings. The summed E-state index contributed by atoms with van der Waals surface area (Å²) in [4.78, 5) is 24.9. The van der Waals surface area contributed by atoms with Crippen LogP contribution in [0.1, 0.15) is 50.9 Å². The van der Waals surface area contributed by atoms with Gasteiger partial charge in [-0.15, -0.1) is 0 Å². The van der Waals surface area contributed by atoms with Gasteiger partial charge in [0.2, 0.25) is 0 Å². The summed E-state index contributed by atoms with van der Waals surface area (Å²) in [5, 5.41) is 3.34. The van der Waals surface area contributed by atoms with Crippen molar-refractivity contribution in [3.63, 3.8) is 0 Å². The third-order valence-electron chi connectivity index (χ3n) is 5.97. The van der Waals surface area contributed by atoms with Crippen LogP contribution in [0, 0.1) is 11.3 Å². The van der Waals surface area contributed by atoms with E-state index in [0.717, 1.165) is 11.6 Å². The summed E-state index contributed by atoms with van der Waals surface area (Å²) < 4.78 is 6.10. The maximum Gasteiger partial charge on any atom is 0.339 e. The average molecular weight is 461 g/mol. The molecule has 0 heterocycles. The Morgan fingerprint density at radius 2 is 1.39 bits per heavy atom. The van der Waals surface area contributed by atoms with E-state index in [4.69, 9.17) is 4.74 Å². The number of rotatable bonds is 9. The van der Waals surface area contributed by atoms with Crippen LogP contribution in [0.25, 0.3) is 0 Å². The SMILES string of the molecule is CC[C@@H](OC(=O)c1ccccc1P(c1ccccc1)c1ccccc1)[C@@H](CC=O)C(C)(C)C. The van der Waals surface area contributed by atoms with Crippen LogP contribution in [0.4, 0.5) is 0 Å². The molecule has 0 amide bonds. The van der Waals surface area contributed by atoms with E-state index in [1.807, 2.05) is 67.6 Å². The molecule has 3 nitrogen and oxygen atoms in total. The standard InChI is InChI=1S/C29H33O3P/c1-5-26(25(20-21-30)29(2,3)4)32-28(31)24-18-12-13-19-27(24)33(22-14-8-6-9-15-22)23-16-10-7-11-17-23/h6-19,21,25-26H,5,20H2,1-4H3/t25-,26-/m1/s1. The van der Waals surface area contributed by atoms with Gasteiger partial charge >= 0.3 is 5.97 Å². The summed E-state index contributed by atoms with van der Waals surface area (Å²) in [5.74, 6) is -0.363. The first-order valence-corrected chi connectivity index (χ1v) is 12.8. The van der Waals surface area contributed by atoms with Crippen LogP contribution in [0.3, 0.4) is 0 Å². The molecule has 2 atom stereocenters. The van der Waals surface area contributed by atoms with Gasteiger partial charge in [-0.05, 0) is 41.7 Å². The van der Waals surface area contributed by atoms with E-state index in [0.29, 0.717) is 18.4 Å². The second-order valence-corrected chi connectivity index (χ2v) is 11.4. The van der Waals surface area contributed by atoms with Crippen LogP contribution in [0.15, 0.2) is 84.9 Å². The van der Waals surface area contributed by atoms with Gasteiger partial charge in [0.25, 0.3) is 0 Å². The van der Waals surface area contributed by atoms with E-state index >= 15 is 0 Å². The van der Waals surface area contributed by atoms with Crippen LogP contribution in [-0.2, 0) is 9.53 Å². The van der Waals surface area contributed by atoms with E-state index in [1.54, 1.807) is 0 Å². The molecule has 0 fully saturated rings. The first-order chi connectivity index (χ1) is 15.9. The van der Waals surface area contributed by atoms with E-state index in [-0.39, 0.29) is 23.4 Å². The Kier molecular flexibility index (Phi) is 8.58. The molecular weight excluding hydrogens is 427 g/mol. The zero-order valence-electron chi connectivity index (χ0n) is 19.9. The molecule has 0 spiro atoms. The van der Waals surface area contributed by atoms with E-state index < -0.39 is 7.92 Å². The van der Waals surface area contributed by atoms with Gasteiger partial charge in [0, 0.05) is 12.3 Å². The van der Waals surface area contributed by atoms with Gasteiger partial charge in [-0.25, -0.2) is 4.79 Å². The summed E-state index contributed by atoms with van der Waals surface area (Å²) in [6.45, 7) is 8.29. The van der Waals surface area contributed by atoms with Gasteiger partial charge in [-0.3, -0.25) is 0 Å². The van der Waals surface area contributed by atoms with Gasteiger partial charge in [0.05, 0.1) is 5.56 Å². The van der Waals surface area contributed by atoms with Crippen molar-refractivity contribution in [1.82, 2.24) is 0 Å². The average Bonchev–Trinajstić information content (AvgIpc) is 2.82. The Labute approximate surface area is 198 Å². The lowest BCUT2D eigenvalue weighted by atomic mass is 9.75. The molecule has 0 aliphatic rings. The maximum absolute atomic E-state index is 13.5. The normalized spacial score (nSPS) is 13.4. The molecular formula is C29H33O3P. The smallest absolute Gasteiger partial charge is 0.339 e. The number of benzene rings is 3. The van der Waals surface area contributed by atoms with Gasteiger partial charge in [-0.1, -0.05) is 107 Å². The highest BCUT2D eigenvalue weighted by Gasteiger charge is 2.34. The van der Waals surface area contributed by atoms with Gasteiger partial charge in [-0.2, -0.15) is 0 Å². The van der Waals surface area contributed by atoms with Crippen molar-refractivity contribution in [1.29, 1.82) is 0 Å². The van der Waals surface area contributed by atoms with Crippen molar-refractivity contribution >= 4 is 36.1 Å². The quantitative estimate of drug-likeness (QED) is 0.236. The molecule has 0 N–H and O–H groups in total. The molecule has 3 rings (SSSR count). The lowest BCUT2D eigenvalue weighted by Crippen LogP contribution is -2.36. The molecule has 0 radical (unpaired) electrons. The van der Waals surface area contributed by atoms with Gasteiger partial charge < -0.3 is 9.53 Å². The molecule has 0 aromatic heterocycles. The number of aldehydes is 1. The Bertz CT molecular complexity index is 1000. The topological polar surface area (TPSA) is 43.4 Å². The van der Waals surface area contributed by atoms with Crippen molar-refractivity contribution < 1.29 is 14.3 Å². The van der Waals surface area contributed by atoms with E-state index in [2.05, 4.69) is 45.0 Å². The molecule has 0 aliphatic carbocycles. The predicted octanol–water partition coefficient (Wildman–Crippen LogP) is 5.63. The first-order valence-electron chi connectivity index (χ1n) is 11.5. The summed E-state index contributed by atoms with van der Waals surface area (Å²) in [7, 11) is -0.930. The van der Waals surface area contributed by atoms with E-state index in [9.17, 15) is 9.59 Å². The molecule has 0 unspecified atom stereocenters. The van der Waals surface area contributed by atoms with Crippen molar-refractivity contribution in [2.45, 2.75) is 46.6 Å². The summed E-state index contributed by atoms with van der Waals surface area (Å²) in [6, 6.07) is 28.4. The van der Waals surface area contributed by atoms with Gasteiger partial charge in [0.1, 0.15) is 12.4 Å². The van der Waals surface area contributed by atoms with Crippen molar-refractivity contribution in [3.05, 3.63) is 90.5 Å². The fourth-order valence-corrected chi connectivity index (χ4v) is 6.68. The highest BCUT2D eigenvalue weighted by atomic mass is 31.1. The largest absolute Gasteiger partial charge is 0.458 e. The Balaban J connectivity index is 2.02. The molecule has 172 valence electrons. The number of carbonyl (C=O) groups is 2. The second kappa shape index (κ2) is 11.4. The highest BCUT2D eigenvalue weighted by molar-refractivity contribution is 7.80. The minimum Gasteiger partial charge on any atom is -0.458 e. The molecule has 4 heteroatoms. The number of carbonyl (C=O) groups excluding carboxylic acids is 2. The van der Waals surface area contributed by atoms with Crippen LogP contribution < -0.4 is 15.9 Å². The number of hydrogen-bond acceptors (Lipinski definition) is 3. The minimum absolute atomic E-state index is 0.0409. The lowest BCUT2D eigenvalue weighted by Gasteiger charge is -2.35. The van der Waals surface area contributed by atoms with Crippen LogP contribution in [0.2, 0.25) is 0 Å². The predicted molar refractivity (Wildman–Crippen MR) is 138 cm³/mol. The molecule has 0 saturated carbocycles. The molecule has 0 bridgehead atoms. The van der Waals surface area contributed by atoms with Crippen molar-refractivity contribution in [2.24, 2.45) is 11.3 Å². The van der Waals surface area contributed by atoms with Crippen molar-refractivity contribution in [2.75, 3.05) is 0 Å². The zero-order chi connectivity index (χ0) is 23.8. The third kappa shape index (κ3) is 6.18. The monoisotopic (exact) mass is 460 g/mol. The zero-order valence-corrected chi connectivity index (χ0v) is 20.8. The Hall–Kier alpha value is -2.77. The van der Waals surface area contributed by atoms with Crippen LogP contribution in [0.5, 0.6) is 0 Å². The number of esters is 1. The summed E-state index contributed by atoms with van der Waals surface area (Å²) in [5.41, 5.74) is 0.441. The molecule has 0 saturated heterocycles. The van der Waals surface area contributed by atoms with Crippen molar-refractivity contribution in [3.8, 4) is 0 Å². The fraction of sp³-hybridized carbons (Fsp3) is 0.310. The third-order valence-corrected chi connectivity index (χ3v) is 8.47. The Morgan fingerprint density at radius 1 is 0.879 bits per heavy atom.